The molecule has 0 heterocycles. The van der Waals surface area contributed by atoms with Crippen molar-refractivity contribution in [3.63, 3.8) is 0 Å². The maximum absolute atomic E-state index is 9.84. The van der Waals surface area contributed by atoms with Crippen molar-refractivity contribution in [2.75, 3.05) is 12.4 Å². The Kier molecular flexibility index (Phi) is 4.40. The Morgan fingerprint density at radius 1 is 1.16 bits per heavy atom. The van der Waals surface area contributed by atoms with E-state index in [1.54, 1.807) is 43.5 Å². The highest BCUT2D eigenvalue weighted by Gasteiger charge is 2.05. The summed E-state index contributed by atoms with van der Waals surface area (Å²) in [6.07, 6.45) is 0. The lowest BCUT2D eigenvalue weighted by molar-refractivity contribution is 0.406. The topological polar surface area (TPSA) is 41.5 Å². The van der Waals surface area contributed by atoms with Gasteiger partial charge in [-0.15, -0.1) is 0 Å². The van der Waals surface area contributed by atoms with E-state index in [1.165, 1.54) is 0 Å². The highest BCUT2D eigenvalue weighted by atomic mass is 35.5. The number of phenolic OH excluding ortho intramolecular Hbond substituents is 1. The Labute approximate surface area is 121 Å². The Hall–Kier alpha value is -1.58. The molecule has 0 amide bonds. The largest absolute Gasteiger partial charge is 0.507 e. The number of nitrogens with one attached hydrogen (secondary N) is 1. The second-order valence-corrected chi connectivity index (χ2v) is 4.82. The number of rotatable bonds is 4. The lowest BCUT2D eigenvalue weighted by Gasteiger charge is -2.10. The molecule has 19 heavy (non-hydrogen) atoms. The van der Waals surface area contributed by atoms with Gasteiger partial charge in [0.15, 0.2) is 0 Å². The first-order chi connectivity index (χ1) is 9.10. The fourth-order valence-corrected chi connectivity index (χ4v) is 2.12. The molecule has 0 saturated carbocycles. The van der Waals surface area contributed by atoms with Crippen molar-refractivity contribution in [2.45, 2.75) is 6.54 Å². The van der Waals surface area contributed by atoms with Crippen LogP contribution in [0.2, 0.25) is 10.0 Å². The standard InChI is InChI=1S/C14H13Cl2NO2/c1-19-11-4-2-9(14(18)7-11)8-17-13-5-3-10(15)6-12(13)16/h2-7,17-18H,8H2,1H3. The van der Waals surface area contributed by atoms with Crippen LogP contribution < -0.4 is 10.1 Å². The number of hydrogen-bond acceptors (Lipinski definition) is 3. The van der Waals surface area contributed by atoms with Crippen molar-refractivity contribution in [1.82, 2.24) is 0 Å². The molecule has 2 aromatic rings. The number of hydrogen-bond donors (Lipinski definition) is 2. The minimum atomic E-state index is 0.178. The Bertz CT molecular complexity index is 588. The average molecular weight is 298 g/mol. The number of aromatic hydroxyl groups is 1. The molecule has 0 saturated heterocycles. The monoisotopic (exact) mass is 297 g/mol. The zero-order chi connectivity index (χ0) is 13.8. The Morgan fingerprint density at radius 2 is 1.95 bits per heavy atom. The molecule has 0 radical (unpaired) electrons. The smallest absolute Gasteiger partial charge is 0.124 e. The van der Waals surface area contributed by atoms with Crippen LogP contribution in [0.3, 0.4) is 0 Å². The molecule has 0 bridgehead atoms. The molecule has 5 heteroatoms. The van der Waals surface area contributed by atoms with Crippen LogP contribution in [0.5, 0.6) is 11.5 Å². The molecular weight excluding hydrogens is 285 g/mol. The van der Waals surface area contributed by atoms with Crippen LogP contribution in [0.1, 0.15) is 5.56 Å². The van der Waals surface area contributed by atoms with Gasteiger partial charge in [-0.05, 0) is 30.3 Å². The molecule has 0 spiro atoms. The summed E-state index contributed by atoms with van der Waals surface area (Å²) in [5.41, 5.74) is 1.52. The average Bonchev–Trinajstić information content (AvgIpc) is 2.39. The highest BCUT2D eigenvalue weighted by molar-refractivity contribution is 6.36. The van der Waals surface area contributed by atoms with Crippen molar-refractivity contribution in [1.29, 1.82) is 0 Å². The molecule has 0 aliphatic carbocycles. The summed E-state index contributed by atoms with van der Waals surface area (Å²) in [5, 5.41) is 14.1. The summed E-state index contributed by atoms with van der Waals surface area (Å²) in [4.78, 5) is 0. The van der Waals surface area contributed by atoms with E-state index in [0.29, 0.717) is 22.3 Å². The summed E-state index contributed by atoms with van der Waals surface area (Å²) >= 11 is 11.9. The van der Waals surface area contributed by atoms with Gasteiger partial charge in [0.25, 0.3) is 0 Å². The van der Waals surface area contributed by atoms with Gasteiger partial charge in [0.05, 0.1) is 17.8 Å². The maximum Gasteiger partial charge on any atom is 0.124 e. The lowest BCUT2D eigenvalue weighted by atomic mass is 10.2. The van der Waals surface area contributed by atoms with E-state index >= 15 is 0 Å². The van der Waals surface area contributed by atoms with E-state index in [1.807, 2.05) is 0 Å². The normalized spacial score (nSPS) is 10.3. The van der Waals surface area contributed by atoms with Gasteiger partial charge in [-0.2, -0.15) is 0 Å². The fourth-order valence-electron chi connectivity index (χ4n) is 1.64. The summed E-state index contributed by atoms with van der Waals surface area (Å²) in [5.74, 6) is 0.794. The van der Waals surface area contributed by atoms with E-state index in [0.717, 1.165) is 11.3 Å². The quantitative estimate of drug-likeness (QED) is 0.883. The molecule has 0 aliphatic heterocycles. The SMILES string of the molecule is COc1ccc(CNc2ccc(Cl)cc2Cl)c(O)c1. The minimum absolute atomic E-state index is 0.178. The molecular formula is C14H13Cl2NO2. The molecule has 3 nitrogen and oxygen atoms in total. The number of ether oxygens (including phenoxy) is 1. The molecule has 0 fully saturated rings. The summed E-state index contributed by atoms with van der Waals surface area (Å²) in [7, 11) is 1.56. The van der Waals surface area contributed by atoms with Gasteiger partial charge in [0, 0.05) is 23.2 Å². The maximum atomic E-state index is 9.84. The molecule has 0 aliphatic rings. The van der Waals surface area contributed by atoms with Gasteiger partial charge in [-0.25, -0.2) is 0 Å². The molecule has 2 aromatic carbocycles. The summed E-state index contributed by atoms with van der Waals surface area (Å²) in [6, 6.07) is 10.4. The first-order valence-corrected chi connectivity index (χ1v) is 6.40. The first-order valence-electron chi connectivity index (χ1n) is 5.65. The van der Waals surface area contributed by atoms with Gasteiger partial charge >= 0.3 is 0 Å². The van der Waals surface area contributed by atoms with E-state index in [-0.39, 0.29) is 5.75 Å². The molecule has 2 N–H and O–H groups in total. The number of methoxy groups -OCH3 is 1. The van der Waals surface area contributed by atoms with Crippen LogP contribution in [0.25, 0.3) is 0 Å². The van der Waals surface area contributed by atoms with Crippen LogP contribution in [-0.2, 0) is 6.54 Å². The van der Waals surface area contributed by atoms with Gasteiger partial charge in [-0.1, -0.05) is 23.2 Å². The predicted molar refractivity (Wildman–Crippen MR) is 78.4 cm³/mol. The number of benzene rings is 2. The van der Waals surface area contributed by atoms with E-state index in [9.17, 15) is 5.11 Å². The second kappa shape index (κ2) is 6.04. The van der Waals surface area contributed by atoms with Crippen molar-refractivity contribution in [2.24, 2.45) is 0 Å². The number of halogens is 2. The van der Waals surface area contributed by atoms with Crippen molar-refractivity contribution in [3.8, 4) is 11.5 Å². The molecule has 0 aromatic heterocycles. The third-order valence-corrected chi connectivity index (χ3v) is 3.24. The summed E-state index contributed by atoms with van der Waals surface area (Å²) in [6.45, 7) is 0.456. The Morgan fingerprint density at radius 3 is 2.58 bits per heavy atom. The van der Waals surface area contributed by atoms with Crippen LogP contribution in [0.15, 0.2) is 36.4 Å². The van der Waals surface area contributed by atoms with Crippen LogP contribution in [0, 0.1) is 0 Å². The van der Waals surface area contributed by atoms with Crippen LogP contribution in [-0.4, -0.2) is 12.2 Å². The number of phenols is 1. The van der Waals surface area contributed by atoms with Gasteiger partial charge in [0.2, 0.25) is 0 Å². The van der Waals surface area contributed by atoms with E-state index in [2.05, 4.69) is 5.32 Å². The third kappa shape index (κ3) is 3.46. The Balaban J connectivity index is 2.10. The van der Waals surface area contributed by atoms with Crippen LogP contribution in [0.4, 0.5) is 5.69 Å². The highest BCUT2D eigenvalue weighted by Crippen LogP contribution is 2.28. The molecule has 0 atom stereocenters. The van der Waals surface area contributed by atoms with Crippen molar-refractivity contribution >= 4 is 28.9 Å². The van der Waals surface area contributed by atoms with E-state index < -0.39 is 0 Å². The lowest BCUT2D eigenvalue weighted by Crippen LogP contribution is -2.00. The van der Waals surface area contributed by atoms with Gasteiger partial charge in [-0.3, -0.25) is 0 Å². The minimum Gasteiger partial charge on any atom is -0.507 e. The van der Waals surface area contributed by atoms with E-state index in [4.69, 9.17) is 27.9 Å². The fraction of sp³-hybridized carbons (Fsp3) is 0.143. The third-order valence-electron chi connectivity index (χ3n) is 2.69. The first kappa shape index (κ1) is 13.8. The van der Waals surface area contributed by atoms with Gasteiger partial charge in [0.1, 0.15) is 11.5 Å². The van der Waals surface area contributed by atoms with Crippen molar-refractivity contribution < 1.29 is 9.84 Å². The zero-order valence-corrected chi connectivity index (χ0v) is 11.8. The molecule has 100 valence electrons. The predicted octanol–water partition coefficient (Wildman–Crippen LogP) is 4.32. The molecule has 2 rings (SSSR count). The van der Waals surface area contributed by atoms with Gasteiger partial charge < -0.3 is 15.2 Å². The summed E-state index contributed by atoms with van der Waals surface area (Å²) < 4.78 is 5.03. The second-order valence-electron chi connectivity index (χ2n) is 3.97. The molecule has 0 unspecified atom stereocenters. The zero-order valence-electron chi connectivity index (χ0n) is 10.3. The number of anilines is 1. The van der Waals surface area contributed by atoms with Crippen molar-refractivity contribution in [3.05, 3.63) is 52.0 Å². The van der Waals surface area contributed by atoms with Crippen LogP contribution >= 0.6 is 23.2 Å².